The van der Waals surface area contributed by atoms with Crippen LogP contribution in [0.1, 0.15) is 11.4 Å². The number of nitrogens with one attached hydrogen (secondary N) is 1. The van der Waals surface area contributed by atoms with Crippen LogP contribution in [0.5, 0.6) is 0 Å². The van der Waals surface area contributed by atoms with Gasteiger partial charge in [-0.1, -0.05) is 0 Å². The van der Waals surface area contributed by atoms with Crippen LogP contribution in [0.4, 0.5) is 0 Å². The van der Waals surface area contributed by atoms with Crippen LogP contribution in [0.15, 0.2) is 6.07 Å². The Bertz CT molecular complexity index is 424. The molecule has 6 heteroatoms. The van der Waals surface area contributed by atoms with E-state index in [4.69, 9.17) is 4.74 Å². The molecule has 1 aliphatic heterocycles. The number of aromatic nitrogens is 2. The number of carbonyl (C=O) groups is 1. The van der Waals surface area contributed by atoms with E-state index in [2.05, 4.69) is 15.3 Å². The average molecular weight is 266 g/mol. The Morgan fingerprint density at radius 2 is 2.16 bits per heavy atom. The summed E-state index contributed by atoms with van der Waals surface area (Å²) in [6, 6.07) is 1.97. The smallest absolute Gasteiger partial charge is 0.241 e. The second kappa shape index (κ2) is 6.68. The van der Waals surface area contributed by atoms with Crippen molar-refractivity contribution in [2.75, 3.05) is 39.4 Å². The first-order chi connectivity index (χ1) is 9.15. The minimum absolute atomic E-state index is 0.0134. The lowest BCUT2D eigenvalue weighted by Crippen LogP contribution is -2.41. The number of ether oxygens (including phenoxy) is 1. The minimum atomic E-state index is 0.0134. The fraction of sp³-hybridized carbons (Fsp3) is 0.692. The molecule has 0 aliphatic carbocycles. The second-order valence-electron chi connectivity index (χ2n) is 4.89. The molecule has 0 radical (unpaired) electrons. The zero-order valence-corrected chi connectivity index (χ0v) is 11.7. The van der Waals surface area contributed by atoms with Gasteiger partial charge in [0.25, 0.3) is 0 Å². The zero-order chi connectivity index (χ0) is 13.7. The summed E-state index contributed by atoms with van der Waals surface area (Å²) in [4.78, 5) is 14.1. The maximum Gasteiger partial charge on any atom is 0.241 e. The van der Waals surface area contributed by atoms with Gasteiger partial charge in [-0.2, -0.15) is 5.10 Å². The summed E-state index contributed by atoms with van der Waals surface area (Å²) < 4.78 is 7.02. The lowest BCUT2D eigenvalue weighted by Gasteiger charge is -2.26. The van der Waals surface area contributed by atoms with Gasteiger partial charge in [-0.15, -0.1) is 0 Å². The van der Waals surface area contributed by atoms with E-state index in [1.54, 1.807) is 4.68 Å². The molecule has 0 bridgehead atoms. The normalized spacial score (nSPS) is 16.5. The van der Waals surface area contributed by atoms with Gasteiger partial charge in [0.2, 0.25) is 5.91 Å². The van der Waals surface area contributed by atoms with Crippen LogP contribution in [0.25, 0.3) is 0 Å². The molecule has 1 fully saturated rings. The number of morpholine rings is 1. The predicted octanol–water partition coefficient (Wildman–Crippen LogP) is -0.0517. The summed E-state index contributed by atoms with van der Waals surface area (Å²) >= 11 is 0. The number of aryl methyl sites for hydroxylation is 2. The van der Waals surface area contributed by atoms with Crippen LogP contribution in [0.3, 0.4) is 0 Å². The van der Waals surface area contributed by atoms with E-state index in [9.17, 15) is 4.79 Å². The van der Waals surface area contributed by atoms with Crippen molar-refractivity contribution < 1.29 is 9.53 Å². The number of hydrogen-bond acceptors (Lipinski definition) is 4. The van der Waals surface area contributed by atoms with Gasteiger partial charge in [-0.25, -0.2) is 0 Å². The van der Waals surface area contributed by atoms with Gasteiger partial charge >= 0.3 is 0 Å². The SMILES string of the molecule is Cc1cc(C)n(CC(=O)NCCN2CCOCC2)n1. The molecule has 2 rings (SSSR count). The first kappa shape index (κ1) is 14.0. The van der Waals surface area contributed by atoms with Crippen LogP contribution >= 0.6 is 0 Å². The lowest BCUT2D eigenvalue weighted by molar-refractivity contribution is -0.121. The summed E-state index contributed by atoms with van der Waals surface area (Å²) in [6.07, 6.45) is 0. The first-order valence-electron chi connectivity index (χ1n) is 6.73. The Morgan fingerprint density at radius 1 is 1.42 bits per heavy atom. The molecule has 19 heavy (non-hydrogen) atoms. The van der Waals surface area contributed by atoms with E-state index in [0.29, 0.717) is 13.1 Å². The largest absolute Gasteiger partial charge is 0.379 e. The molecule has 0 saturated carbocycles. The maximum atomic E-state index is 11.8. The molecule has 1 aromatic heterocycles. The van der Waals surface area contributed by atoms with Gasteiger partial charge in [0.15, 0.2) is 0 Å². The van der Waals surface area contributed by atoms with Crippen molar-refractivity contribution in [3.05, 3.63) is 17.5 Å². The molecule has 2 heterocycles. The molecule has 1 amide bonds. The topological polar surface area (TPSA) is 59.4 Å². The van der Waals surface area contributed by atoms with E-state index in [1.807, 2.05) is 19.9 Å². The van der Waals surface area contributed by atoms with Crippen LogP contribution in [0, 0.1) is 13.8 Å². The molecule has 0 unspecified atom stereocenters. The third kappa shape index (κ3) is 4.33. The molecule has 1 aromatic rings. The predicted molar refractivity (Wildman–Crippen MR) is 72.0 cm³/mol. The first-order valence-corrected chi connectivity index (χ1v) is 6.73. The third-order valence-corrected chi connectivity index (χ3v) is 3.25. The molecule has 0 spiro atoms. The van der Waals surface area contributed by atoms with Crippen molar-refractivity contribution in [2.24, 2.45) is 0 Å². The van der Waals surface area contributed by atoms with E-state index in [0.717, 1.165) is 44.2 Å². The summed E-state index contributed by atoms with van der Waals surface area (Å²) in [6.45, 7) is 9.23. The zero-order valence-electron chi connectivity index (χ0n) is 11.7. The molecule has 1 aliphatic rings. The molecular weight excluding hydrogens is 244 g/mol. The fourth-order valence-electron chi connectivity index (χ4n) is 2.21. The summed E-state index contributed by atoms with van der Waals surface area (Å²) in [5.41, 5.74) is 1.96. The highest BCUT2D eigenvalue weighted by Gasteiger charge is 2.11. The second-order valence-corrected chi connectivity index (χ2v) is 4.89. The number of hydrogen-bond donors (Lipinski definition) is 1. The van der Waals surface area contributed by atoms with Crippen LogP contribution < -0.4 is 5.32 Å². The number of carbonyl (C=O) groups excluding carboxylic acids is 1. The average Bonchev–Trinajstić information content (AvgIpc) is 2.69. The van der Waals surface area contributed by atoms with Crippen LogP contribution in [-0.2, 0) is 16.1 Å². The highest BCUT2D eigenvalue weighted by Crippen LogP contribution is 2.01. The maximum absolute atomic E-state index is 11.8. The number of amides is 1. The van der Waals surface area contributed by atoms with E-state index >= 15 is 0 Å². The van der Waals surface area contributed by atoms with E-state index in [1.165, 1.54) is 0 Å². The van der Waals surface area contributed by atoms with Crippen molar-refractivity contribution in [1.29, 1.82) is 0 Å². The number of rotatable bonds is 5. The van der Waals surface area contributed by atoms with E-state index < -0.39 is 0 Å². The Labute approximate surface area is 113 Å². The van der Waals surface area contributed by atoms with E-state index in [-0.39, 0.29) is 5.91 Å². The monoisotopic (exact) mass is 266 g/mol. The van der Waals surface area contributed by atoms with Gasteiger partial charge < -0.3 is 10.1 Å². The van der Waals surface area contributed by atoms with Gasteiger partial charge in [0.1, 0.15) is 6.54 Å². The lowest BCUT2D eigenvalue weighted by atomic mass is 10.4. The molecule has 6 nitrogen and oxygen atoms in total. The van der Waals surface area contributed by atoms with Gasteiger partial charge in [0, 0.05) is 31.9 Å². The highest BCUT2D eigenvalue weighted by atomic mass is 16.5. The summed E-state index contributed by atoms with van der Waals surface area (Å²) in [7, 11) is 0. The van der Waals surface area contributed by atoms with Crippen molar-refractivity contribution in [3.8, 4) is 0 Å². The Balaban J connectivity index is 1.68. The Morgan fingerprint density at radius 3 is 2.79 bits per heavy atom. The van der Waals surface area contributed by atoms with Crippen molar-refractivity contribution >= 4 is 5.91 Å². The molecule has 106 valence electrons. The van der Waals surface area contributed by atoms with Gasteiger partial charge in [-0.05, 0) is 19.9 Å². The standard InChI is InChI=1S/C13H22N4O2/c1-11-9-12(2)17(15-11)10-13(18)14-3-4-16-5-7-19-8-6-16/h9H,3-8,10H2,1-2H3,(H,14,18). The quantitative estimate of drug-likeness (QED) is 0.811. The van der Waals surface area contributed by atoms with Crippen molar-refractivity contribution in [1.82, 2.24) is 20.0 Å². The molecule has 0 aromatic carbocycles. The Hall–Kier alpha value is -1.40. The Kier molecular flexibility index (Phi) is 4.93. The molecule has 1 saturated heterocycles. The summed E-state index contributed by atoms with van der Waals surface area (Å²) in [5.74, 6) is 0.0134. The van der Waals surface area contributed by atoms with Crippen LogP contribution in [-0.4, -0.2) is 60.0 Å². The minimum Gasteiger partial charge on any atom is -0.379 e. The number of nitrogens with zero attached hydrogens (tertiary/aromatic N) is 3. The van der Waals surface area contributed by atoms with Gasteiger partial charge in [-0.3, -0.25) is 14.4 Å². The summed E-state index contributed by atoms with van der Waals surface area (Å²) in [5, 5.41) is 7.21. The van der Waals surface area contributed by atoms with Crippen LogP contribution in [0.2, 0.25) is 0 Å². The molecule has 1 N–H and O–H groups in total. The molecular formula is C13H22N4O2. The fourth-order valence-corrected chi connectivity index (χ4v) is 2.21. The van der Waals surface area contributed by atoms with Crippen molar-refractivity contribution in [2.45, 2.75) is 20.4 Å². The van der Waals surface area contributed by atoms with Crippen molar-refractivity contribution in [3.63, 3.8) is 0 Å². The highest BCUT2D eigenvalue weighted by molar-refractivity contribution is 5.75. The van der Waals surface area contributed by atoms with Gasteiger partial charge in [0.05, 0.1) is 18.9 Å². The third-order valence-electron chi connectivity index (χ3n) is 3.25. The molecule has 0 atom stereocenters.